The summed E-state index contributed by atoms with van der Waals surface area (Å²) in [5.74, 6) is 1.76. The van der Waals surface area contributed by atoms with E-state index in [1.807, 2.05) is 0 Å². The molecule has 0 atom stereocenters. The smallest absolute Gasteiger partial charge is 0.128 e. The molecule has 0 fully saturated rings. The van der Waals surface area contributed by atoms with Gasteiger partial charge in [-0.2, -0.15) is 0 Å². The first kappa shape index (κ1) is 24.8. The van der Waals surface area contributed by atoms with Gasteiger partial charge in [-0.05, 0) is 101 Å². The number of rotatable bonds is 10. The Kier molecular flexibility index (Phi) is 9.78. The molecule has 1 aromatic carbocycles. The van der Waals surface area contributed by atoms with Gasteiger partial charge in [0.25, 0.3) is 0 Å². The molecule has 0 bridgehead atoms. The Morgan fingerprint density at radius 2 is 1.07 bits per heavy atom. The van der Waals surface area contributed by atoms with Crippen LogP contribution in [0.25, 0.3) is 20.9 Å². The molecule has 2 heterocycles. The van der Waals surface area contributed by atoms with E-state index in [2.05, 4.69) is 102 Å². The monoisotopic (exact) mass is 698 g/mol. The van der Waals surface area contributed by atoms with E-state index in [4.69, 9.17) is 9.47 Å². The zero-order chi connectivity index (χ0) is 21.7. The van der Waals surface area contributed by atoms with Gasteiger partial charge in [0.2, 0.25) is 0 Å². The number of thiophene rings is 2. The van der Waals surface area contributed by atoms with Crippen molar-refractivity contribution in [2.24, 2.45) is 0 Å². The molecular weight excluding hydrogens is 680 g/mol. The van der Waals surface area contributed by atoms with E-state index in [1.165, 1.54) is 0 Å². The number of benzene rings is 1. The fourth-order valence-electron chi connectivity index (χ4n) is 2.86. The van der Waals surface area contributed by atoms with Crippen molar-refractivity contribution in [3.63, 3.8) is 0 Å². The SMILES string of the molecule is CCCCOc1cc(-c2sc(Br)cc2Br)c(OCCCC)cc1-c1sc(Br)cc1Br. The Hall–Kier alpha value is 0.140. The van der Waals surface area contributed by atoms with Crippen LogP contribution in [0.1, 0.15) is 39.5 Å². The summed E-state index contributed by atoms with van der Waals surface area (Å²) >= 11 is 18.0. The van der Waals surface area contributed by atoms with Crippen LogP contribution in [0.2, 0.25) is 0 Å². The second-order valence-corrected chi connectivity index (χ2v) is 13.3. The maximum Gasteiger partial charge on any atom is 0.128 e. The molecule has 0 saturated heterocycles. The first-order chi connectivity index (χ1) is 14.4. The third kappa shape index (κ3) is 6.13. The van der Waals surface area contributed by atoms with Crippen LogP contribution < -0.4 is 9.47 Å². The van der Waals surface area contributed by atoms with Crippen molar-refractivity contribution in [3.05, 3.63) is 40.8 Å². The molecule has 2 aromatic heterocycles. The fourth-order valence-corrected chi connectivity index (χ4v) is 8.17. The average Bonchev–Trinajstić information content (AvgIpc) is 3.22. The van der Waals surface area contributed by atoms with E-state index >= 15 is 0 Å². The minimum atomic E-state index is 0.693. The molecule has 3 rings (SSSR count). The van der Waals surface area contributed by atoms with Crippen molar-refractivity contribution >= 4 is 86.4 Å². The maximum atomic E-state index is 6.28. The highest BCUT2D eigenvalue weighted by molar-refractivity contribution is 9.12. The number of ether oxygens (including phenoxy) is 2. The minimum Gasteiger partial charge on any atom is -0.493 e. The number of hydrogen-bond donors (Lipinski definition) is 0. The lowest BCUT2D eigenvalue weighted by molar-refractivity contribution is 0.303. The lowest BCUT2D eigenvalue weighted by Gasteiger charge is -2.17. The highest BCUT2D eigenvalue weighted by Crippen LogP contribution is 2.50. The molecule has 0 aliphatic carbocycles. The molecule has 162 valence electrons. The van der Waals surface area contributed by atoms with Crippen molar-refractivity contribution in [1.82, 2.24) is 0 Å². The summed E-state index contributed by atoms with van der Waals surface area (Å²) in [4.78, 5) is 2.26. The molecule has 2 nitrogen and oxygen atoms in total. The van der Waals surface area contributed by atoms with E-state index in [-0.39, 0.29) is 0 Å². The molecule has 30 heavy (non-hydrogen) atoms. The van der Waals surface area contributed by atoms with Crippen molar-refractivity contribution in [1.29, 1.82) is 0 Å². The van der Waals surface area contributed by atoms with Crippen molar-refractivity contribution in [3.8, 4) is 32.4 Å². The molecule has 3 aromatic rings. The Labute approximate surface area is 219 Å². The van der Waals surface area contributed by atoms with Gasteiger partial charge < -0.3 is 9.47 Å². The van der Waals surface area contributed by atoms with E-state index in [9.17, 15) is 0 Å². The lowest BCUT2D eigenvalue weighted by atomic mass is 10.1. The van der Waals surface area contributed by atoms with Gasteiger partial charge in [-0.1, -0.05) is 26.7 Å². The molecule has 0 amide bonds. The predicted molar refractivity (Wildman–Crippen MR) is 145 cm³/mol. The van der Waals surface area contributed by atoms with Gasteiger partial charge >= 0.3 is 0 Å². The van der Waals surface area contributed by atoms with Crippen molar-refractivity contribution in [2.45, 2.75) is 39.5 Å². The highest BCUT2D eigenvalue weighted by atomic mass is 79.9. The Bertz CT molecular complexity index is 917. The average molecular weight is 702 g/mol. The van der Waals surface area contributed by atoms with E-state index in [0.717, 1.165) is 74.6 Å². The van der Waals surface area contributed by atoms with Crippen LogP contribution in [0, 0.1) is 0 Å². The molecular formula is C22H22Br4O2S2. The van der Waals surface area contributed by atoms with Gasteiger partial charge in [-0.25, -0.2) is 0 Å². The van der Waals surface area contributed by atoms with Crippen molar-refractivity contribution < 1.29 is 9.47 Å². The summed E-state index contributed by atoms with van der Waals surface area (Å²) in [5, 5.41) is 0. The van der Waals surface area contributed by atoms with Gasteiger partial charge in [0.1, 0.15) is 11.5 Å². The number of halogens is 4. The highest BCUT2D eigenvalue weighted by Gasteiger charge is 2.21. The topological polar surface area (TPSA) is 18.5 Å². The predicted octanol–water partition coefficient (Wildman–Crippen LogP) is 10.6. The van der Waals surface area contributed by atoms with Crippen molar-refractivity contribution in [2.75, 3.05) is 13.2 Å². The molecule has 0 aliphatic rings. The standard InChI is InChI=1S/C22H22Br4O2S2/c1-3-5-7-27-17-9-14(22-16(24)12-20(26)30-22)18(28-8-6-4-2)10-13(17)21-15(23)11-19(25)29-21/h9-12H,3-8H2,1-2H3. The van der Waals surface area contributed by atoms with Crippen LogP contribution >= 0.6 is 86.4 Å². The largest absolute Gasteiger partial charge is 0.493 e. The van der Waals surface area contributed by atoms with Crippen LogP contribution in [0.3, 0.4) is 0 Å². The molecule has 0 saturated carbocycles. The van der Waals surface area contributed by atoms with Gasteiger partial charge in [-0.3, -0.25) is 0 Å². The van der Waals surface area contributed by atoms with E-state index in [1.54, 1.807) is 22.7 Å². The zero-order valence-electron chi connectivity index (χ0n) is 16.7. The summed E-state index contributed by atoms with van der Waals surface area (Å²) in [5.41, 5.74) is 2.10. The maximum absolute atomic E-state index is 6.28. The molecule has 8 heteroatoms. The third-order valence-corrected chi connectivity index (χ3v) is 9.51. The lowest BCUT2D eigenvalue weighted by Crippen LogP contribution is -2.02. The van der Waals surface area contributed by atoms with Gasteiger partial charge in [-0.15, -0.1) is 22.7 Å². The molecule has 0 aliphatic heterocycles. The summed E-state index contributed by atoms with van der Waals surface area (Å²) in [6, 6.07) is 8.42. The first-order valence-electron chi connectivity index (χ1n) is 9.78. The van der Waals surface area contributed by atoms with Gasteiger partial charge in [0.05, 0.1) is 30.5 Å². The summed E-state index contributed by atoms with van der Waals surface area (Å²) < 4.78 is 16.8. The van der Waals surface area contributed by atoms with E-state index in [0.29, 0.717) is 13.2 Å². The number of unbranched alkanes of at least 4 members (excludes halogenated alkanes) is 2. The van der Waals surface area contributed by atoms with Gasteiger partial charge in [0.15, 0.2) is 0 Å². The second-order valence-electron chi connectivity index (χ2n) is 6.70. The van der Waals surface area contributed by atoms with Crippen LogP contribution in [-0.2, 0) is 0 Å². The summed E-state index contributed by atoms with van der Waals surface area (Å²) in [7, 11) is 0. The van der Waals surface area contributed by atoms with Crippen LogP contribution in [-0.4, -0.2) is 13.2 Å². The molecule has 0 radical (unpaired) electrons. The normalized spacial score (nSPS) is 11.1. The minimum absolute atomic E-state index is 0.693. The summed E-state index contributed by atoms with van der Waals surface area (Å²) in [6.07, 6.45) is 4.23. The van der Waals surface area contributed by atoms with Crippen LogP contribution in [0.15, 0.2) is 40.8 Å². The third-order valence-electron chi connectivity index (χ3n) is 4.40. The zero-order valence-corrected chi connectivity index (χ0v) is 24.7. The molecule has 0 N–H and O–H groups in total. The molecule has 0 spiro atoms. The fraction of sp³-hybridized carbons (Fsp3) is 0.364. The first-order valence-corrected chi connectivity index (χ1v) is 14.6. The van der Waals surface area contributed by atoms with Crippen LogP contribution in [0.5, 0.6) is 11.5 Å². The quantitative estimate of drug-likeness (QED) is 0.196. The Morgan fingerprint density at radius 3 is 1.37 bits per heavy atom. The van der Waals surface area contributed by atoms with Crippen LogP contribution in [0.4, 0.5) is 0 Å². The second kappa shape index (κ2) is 11.8. The van der Waals surface area contributed by atoms with Gasteiger partial charge in [0, 0.05) is 20.1 Å². The number of hydrogen-bond acceptors (Lipinski definition) is 4. The van der Waals surface area contributed by atoms with E-state index < -0.39 is 0 Å². The molecule has 0 unspecified atom stereocenters. The Morgan fingerprint density at radius 1 is 0.667 bits per heavy atom. The summed E-state index contributed by atoms with van der Waals surface area (Å²) in [6.45, 7) is 5.73. The Balaban J connectivity index is 2.16.